The minimum Gasteiger partial charge on any atom is -0.480 e. The van der Waals surface area contributed by atoms with E-state index in [9.17, 15) is 9.59 Å². The van der Waals surface area contributed by atoms with E-state index in [-0.39, 0.29) is 25.7 Å². The smallest absolute Gasteiger partial charge is 0.325 e. The Morgan fingerprint density at radius 1 is 1.60 bits per heavy atom. The van der Waals surface area contributed by atoms with E-state index >= 15 is 0 Å². The third-order valence-corrected chi connectivity index (χ3v) is 2.37. The minimum absolute atomic E-state index is 0.170. The van der Waals surface area contributed by atoms with Gasteiger partial charge in [-0.25, -0.2) is 9.48 Å². The van der Waals surface area contributed by atoms with Crippen molar-refractivity contribution in [2.45, 2.75) is 26.4 Å². The molecule has 0 spiro atoms. The Bertz CT molecular complexity index is 505. The van der Waals surface area contributed by atoms with Crippen molar-refractivity contribution >= 4 is 12.0 Å². The lowest BCUT2D eigenvalue weighted by Crippen LogP contribution is -2.40. The predicted molar refractivity (Wildman–Crippen MR) is 70.6 cm³/mol. The van der Waals surface area contributed by atoms with Crippen molar-refractivity contribution in [3.8, 4) is 12.3 Å². The normalized spacial score (nSPS) is 9.80. The number of amides is 2. The average molecular weight is 279 g/mol. The lowest BCUT2D eigenvalue weighted by atomic mass is 10.4. The molecule has 0 aliphatic carbocycles. The second-order valence-corrected chi connectivity index (χ2v) is 4.09. The SMILES string of the molecule is C#CCN(CCC)C(=O)NCc1cn(CC(=O)O)nn1. The van der Waals surface area contributed by atoms with E-state index < -0.39 is 5.97 Å². The highest BCUT2D eigenvalue weighted by Gasteiger charge is 2.12. The second kappa shape index (κ2) is 7.78. The Morgan fingerprint density at radius 3 is 2.95 bits per heavy atom. The third-order valence-electron chi connectivity index (χ3n) is 2.37. The number of nitrogens with zero attached hydrogens (tertiary/aromatic N) is 4. The topological polar surface area (TPSA) is 100 Å². The van der Waals surface area contributed by atoms with Gasteiger partial charge in [0.05, 0.1) is 19.3 Å². The quantitative estimate of drug-likeness (QED) is 0.680. The van der Waals surface area contributed by atoms with Crippen molar-refractivity contribution in [3.63, 3.8) is 0 Å². The highest BCUT2D eigenvalue weighted by molar-refractivity contribution is 5.74. The first-order chi connectivity index (χ1) is 9.56. The summed E-state index contributed by atoms with van der Waals surface area (Å²) in [5.41, 5.74) is 0.483. The van der Waals surface area contributed by atoms with Crippen LogP contribution in [0.4, 0.5) is 4.79 Å². The standard InChI is InChI=1S/C12H17N5O3/c1-3-5-16(6-4-2)12(20)13-7-10-8-17(15-14-10)9-11(18)19/h1,8H,4-7,9H2,2H3,(H,13,20)(H,18,19). The largest absolute Gasteiger partial charge is 0.480 e. The fraction of sp³-hybridized carbons (Fsp3) is 0.500. The van der Waals surface area contributed by atoms with Gasteiger partial charge in [0.1, 0.15) is 12.2 Å². The van der Waals surface area contributed by atoms with Crippen molar-refractivity contribution in [2.75, 3.05) is 13.1 Å². The van der Waals surface area contributed by atoms with Crippen molar-refractivity contribution in [1.82, 2.24) is 25.2 Å². The number of carbonyl (C=O) groups excluding carboxylic acids is 1. The molecule has 0 saturated carbocycles. The molecule has 2 amide bonds. The molecule has 20 heavy (non-hydrogen) atoms. The molecule has 8 nitrogen and oxygen atoms in total. The second-order valence-electron chi connectivity index (χ2n) is 4.09. The van der Waals surface area contributed by atoms with E-state index in [1.165, 1.54) is 15.8 Å². The Hall–Kier alpha value is -2.56. The Balaban J connectivity index is 2.49. The van der Waals surface area contributed by atoms with Gasteiger partial charge in [-0.1, -0.05) is 18.1 Å². The molecule has 0 bridgehead atoms. The molecular formula is C12H17N5O3. The van der Waals surface area contributed by atoms with E-state index in [0.29, 0.717) is 12.2 Å². The van der Waals surface area contributed by atoms with Gasteiger partial charge in [0.2, 0.25) is 0 Å². The third kappa shape index (κ3) is 4.97. The van der Waals surface area contributed by atoms with Crippen molar-refractivity contribution in [3.05, 3.63) is 11.9 Å². The van der Waals surface area contributed by atoms with Crippen LogP contribution < -0.4 is 5.32 Å². The van der Waals surface area contributed by atoms with Crippen LogP contribution in [0.5, 0.6) is 0 Å². The van der Waals surface area contributed by atoms with Crippen LogP contribution in [0.1, 0.15) is 19.0 Å². The Kier molecular flexibility index (Phi) is 6.03. The summed E-state index contributed by atoms with van der Waals surface area (Å²) in [6, 6.07) is -0.280. The fourth-order valence-corrected chi connectivity index (χ4v) is 1.55. The number of aromatic nitrogens is 3. The molecule has 2 N–H and O–H groups in total. The van der Waals surface area contributed by atoms with Crippen LogP contribution in [-0.4, -0.2) is 50.1 Å². The molecule has 0 atom stereocenters. The first-order valence-electron chi connectivity index (χ1n) is 6.13. The molecule has 0 aromatic carbocycles. The van der Waals surface area contributed by atoms with Crippen LogP contribution in [0.3, 0.4) is 0 Å². The van der Waals surface area contributed by atoms with Gasteiger partial charge < -0.3 is 15.3 Å². The molecule has 0 aliphatic rings. The van der Waals surface area contributed by atoms with E-state index in [4.69, 9.17) is 11.5 Å². The highest BCUT2D eigenvalue weighted by atomic mass is 16.4. The summed E-state index contributed by atoms with van der Waals surface area (Å²) in [6.07, 6.45) is 7.48. The first kappa shape index (κ1) is 15.5. The maximum Gasteiger partial charge on any atom is 0.325 e. The van der Waals surface area contributed by atoms with E-state index in [0.717, 1.165) is 6.42 Å². The monoisotopic (exact) mass is 279 g/mol. The minimum atomic E-state index is -1.01. The van der Waals surface area contributed by atoms with E-state index in [1.807, 2.05) is 6.92 Å². The first-order valence-corrected chi connectivity index (χ1v) is 6.13. The van der Waals surface area contributed by atoms with Gasteiger partial charge in [0.15, 0.2) is 0 Å². The number of terminal acetylenes is 1. The van der Waals surface area contributed by atoms with Crippen LogP contribution >= 0.6 is 0 Å². The van der Waals surface area contributed by atoms with Crippen LogP contribution in [0.2, 0.25) is 0 Å². The average Bonchev–Trinajstić information content (AvgIpc) is 2.82. The van der Waals surface area contributed by atoms with Gasteiger partial charge in [0.25, 0.3) is 0 Å². The molecule has 0 saturated heterocycles. The molecule has 1 aromatic heterocycles. The number of rotatable bonds is 7. The summed E-state index contributed by atoms with van der Waals surface area (Å²) in [4.78, 5) is 23.9. The maximum absolute atomic E-state index is 11.9. The van der Waals surface area contributed by atoms with Gasteiger partial charge in [-0.2, -0.15) is 0 Å². The predicted octanol–water partition coefficient (Wildman–Crippen LogP) is -0.0825. The summed E-state index contributed by atoms with van der Waals surface area (Å²) in [5, 5.41) is 18.7. The number of nitrogens with one attached hydrogen (secondary N) is 1. The summed E-state index contributed by atoms with van der Waals surface area (Å²) in [5.74, 6) is 1.42. The van der Waals surface area contributed by atoms with Crippen LogP contribution in [-0.2, 0) is 17.9 Å². The van der Waals surface area contributed by atoms with Crippen molar-refractivity contribution < 1.29 is 14.7 Å². The van der Waals surface area contributed by atoms with Crippen molar-refractivity contribution in [2.24, 2.45) is 0 Å². The fourth-order valence-electron chi connectivity index (χ4n) is 1.55. The number of carboxylic acids is 1. The van der Waals surface area contributed by atoms with Gasteiger partial charge in [-0.05, 0) is 6.42 Å². The molecular weight excluding hydrogens is 262 g/mol. The van der Waals surface area contributed by atoms with Crippen molar-refractivity contribution in [1.29, 1.82) is 0 Å². The zero-order valence-corrected chi connectivity index (χ0v) is 11.2. The molecule has 0 unspecified atom stereocenters. The van der Waals surface area contributed by atoms with Crippen LogP contribution in [0.25, 0.3) is 0 Å². The van der Waals surface area contributed by atoms with E-state index in [2.05, 4.69) is 21.5 Å². The lowest BCUT2D eigenvalue weighted by molar-refractivity contribution is -0.137. The molecule has 0 aliphatic heterocycles. The van der Waals surface area contributed by atoms with Gasteiger partial charge >= 0.3 is 12.0 Å². The molecule has 1 heterocycles. The summed E-state index contributed by atoms with van der Waals surface area (Å²) in [7, 11) is 0. The van der Waals surface area contributed by atoms with Crippen LogP contribution in [0.15, 0.2) is 6.20 Å². The highest BCUT2D eigenvalue weighted by Crippen LogP contribution is 1.96. The van der Waals surface area contributed by atoms with Gasteiger partial charge in [0, 0.05) is 6.54 Å². The maximum atomic E-state index is 11.9. The number of carbonyl (C=O) groups is 2. The Labute approximate surface area is 116 Å². The molecule has 0 fully saturated rings. The zero-order chi connectivity index (χ0) is 15.0. The van der Waals surface area contributed by atoms with E-state index in [1.54, 1.807) is 0 Å². The van der Waals surface area contributed by atoms with Gasteiger partial charge in [-0.3, -0.25) is 4.79 Å². The molecule has 108 valence electrons. The molecule has 8 heteroatoms. The molecule has 1 rings (SSSR count). The number of carboxylic acid groups (broad SMARTS) is 1. The zero-order valence-electron chi connectivity index (χ0n) is 11.2. The lowest BCUT2D eigenvalue weighted by Gasteiger charge is -2.19. The van der Waals surface area contributed by atoms with Crippen LogP contribution in [0, 0.1) is 12.3 Å². The number of urea groups is 1. The van der Waals surface area contributed by atoms with Gasteiger partial charge in [-0.15, -0.1) is 11.5 Å². The number of hydrogen-bond donors (Lipinski definition) is 2. The summed E-state index contributed by atoms with van der Waals surface area (Å²) >= 11 is 0. The summed E-state index contributed by atoms with van der Waals surface area (Å²) < 4.78 is 1.19. The molecule has 1 aromatic rings. The Morgan fingerprint density at radius 2 is 2.35 bits per heavy atom. The molecule has 0 radical (unpaired) electrons. The number of hydrogen-bond acceptors (Lipinski definition) is 4. The number of aliphatic carboxylic acids is 1. The summed E-state index contributed by atoms with van der Waals surface area (Å²) in [6.45, 7) is 2.67.